The van der Waals surface area contributed by atoms with Gasteiger partial charge >= 0.3 is 5.97 Å². The lowest BCUT2D eigenvalue weighted by molar-refractivity contribution is 0.0484. The summed E-state index contributed by atoms with van der Waals surface area (Å²) in [5.74, 6) is 0.333. The van der Waals surface area contributed by atoms with E-state index in [1.807, 2.05) is 0 Å². The van der Waals surface area contributed by atoms with Crippen molar-refractivity contribution in [2.45, 2.75) is 32.1 Å². The van der Waals surface area contributed by atoms with E-state index in [2.05, 4.69) is 0 Å². The van der Waals surface area contributed by atoms with Crippen LogP contribution < -0.4 is 5.73 Å². The number of hydrogen-bond acceptors (Lipinski definition) is 3. The third-order valence-electron chi connectivity index (χ3n) is 3.44. The van der Waals surface area contributed by atoms with Crippen molar-refractivity contribution >= 4 is 23.3 Å². The van der Waals surface area contributed by atoms with Gasteiger partial charge in [0.15, 0.2) is 0 Å². The fourth-order valence-electron chi connectivity index (χ4n) is 2.39. The first kappa shape index (κ1) is 13.2. The van der Waals surface area contributed by atoms with Crippen LogP contribution in [0, 0.1) is 5.92 Å². The zero-order valence-electron chi connectivity index (χ0n) is 10.3. The highest BCUT2D eigenvalue weighted by atomic mass is 35.5. The minimum atomic E-state index is -0.384. The largest absolute Gasteiger partial charge is 0.462 e. The molecule has 0 spiro atoms. The number of halogens is 1. The summed E-state index contributed by atoms with van der Waals surface area (Å²) in [4.78, 5) is 11.8. The van der Waals surface area contributed by atoms with Crippen molar-refractivity contribution in [3.05, 3.63) is 28.8 Å². The van der Waals surface area contributed by atoms with Crippen LogP contribution in [0.4, 0.5) is 5.69 Å². The second kappa shape index (κ2) is 6.10. The van der Waals surface area contributed by atoms with Crippen molar-refractivity contribution in [3.63, 3.8) is 0 Å². The molecule has 0 unspecified atom stereocenters. The average Bonchev–Trinajstić information content (AvgIpc) is 2.85. The zero-order chi connectivity index (χ0) is 13.0. The van der Waals surface area contributed by atoms with Gasteiger partial charge in [0, 0.05) is 5.69 Å². The molecule has 98 valence electrons. The van der Waals surface area contributed by atoms with Gasteiger partial charge in [-0.15, -0.1) is 0 Å². The SMILES string of the molecule is Nc1ccc(Cl)c(C(=O)OCCC2CCCC2)c1. The summed E-state index contributed by atoms with van der Waals surface area (Å²) in [7, 11) is 0. The Hall–Kier alpha value is -1.22. The smallest absolute Gasteiger partial charge is 0.339 e. The molecule has 1 aromatic carbocycles. The molecule has 0 bridgehead atoms. The Balaban J connectivity index is 1.85. The third kappa shape index (κ3) is 3.39. The zero-order valence-corrected chi connectivity index (χ0v) is 11.1. The average molecular weight is 268 g/mol. The monoisotopic (exact) mass is 267 g/mol. The van der Waals surface area contributed by atoms with Crippen molar-refractivity contribution < 1.29 is 9.53 Å². The third-order valence-corrected chi connectivity index (χ3v) is 3.77. The van der Waals surface area contributed by atoms with Crippen molar-refractivity contribution in [3.8, 4) is 0 Å². The number of benzene rings is 1. The van der Waals surface area contributed by atoms with Crippen LogP contribution in [0.1, 0.15) is 42.5 Å². The molecule has 0 saturated heterocycles. The minimum Gasteiger partial charge on any atom is -0.462 e. The normalized spacial score (nSPS) is 15.8. The highest BCUT2D eigenvalue weighted by Crippen LogP contribution is 2.27. The molecule has 0 radical (unpaired) electrons. The first-order valence-electron chi connectivity index (χ1n) is 6.39. The van der Waals surface area contributed by atoms with E-state index in [0.29, 0.717) is 28.8 Å². The number of carbonyl (C=O) groups is 1. The van der Waals surface area contributed by atoms with E-state index in [1.165, 1.54) is 25.7 Å². The maximum Gasteiger partial charge on any atom is 0.339 e. The Morgan fingerprint density at radius 3 is 2.83 bits per heavy atom. The van der Waals surface area contributed by atoms with Gasteiger partial charge in [0.1, 0.15) is 0 Å². The van der Waals surface area contributed by atoms with E-state index in [0.717, 1.165) is 6.42 Å². The summed E-state index contributed by atoms with van der Waals surface area (Å²) in [6, 6.07) is 4.84. The van der Waals surface area contributed by atoms with E-state index in [4.69, 9.17) is 22.1 Å². The molecule has 2 rings (SSSR count). The number of ether oxygens (including phenoxy) is 1. The fourth-order valence-corrected chi connectivity index (χ4v) is 2.59. The molecule has 0 amide bonds. The van der Waals surface area contributed by atoms with Crippen LogP contribution in [-0.2, 0) is 4.74 Å². The van der Waals surface area contributed by atoms with Crippen LogP contribution in [0.2, 0.25) is 5.02 Å². The minimum absolute atomic E-state index is 0.350. The van der Waals surface area contributed by atoms with E-state index < -0.39 is 0 Å². The van der Waals surface area contributed by atoms with E-state index in [-0.39, 0.29) is 5.97 Å². The predicted octanol–water partition coefficient (Wildman–Crippen LogP) is 3.66. The van der Waals surface area contributed by atoms with Crippen LogP contribution in [0.5, 0.6) is 0 Å². The Bertz CT molecular complexity index is 428. The first-order chi connectivity index (χ1) is 8.66. The van der Waals surface area contributed by atoms with E-state index >= 15 is 0 Å². The summed E-state index contributed by atoms with van der Waals surface area (Å²) in [5, 5.41) is 0.384. The van der Waals surface area contributed by atoms with Gasteiger partial charge in [-0.05, 0) is 30.5 Å². The molecule has 1 saturated carbocycles. The lowest BCUT2D eigenvalue weighted by Gasteiger charge is -2.10. The summed E-state index contributed by atoms with van der Waals surface area (Å²) < 4.78 is 5.25. The number of esters is 1. The summed E-state index contributed by atoms with van der Waals surface area (Å²) in [6.45, 7) is 0.467. The molecule has 0 aliphatic heterocycles. The van der Waals surface area contributed by atoms with Crippen molar-refractivity contribution in [2.24, 2.45) is 5.92 Å². The molecule has 3 nitrogen and oxygen atoms in total. The summed E-state index contributed by atoms with van der Waals surface area (Å²) >= 11 is 5.94. The van der Waals surface area contributed by atoms with Gasteiger partial charge in [0.2, 0.25) is 0 Å². The number of nitrogen functional groups attached to an aromatic ring is 1. The molecule has 1 fully saturated rings. The molecular weight excluding hydrogens is 250 g/mol. The molecular formula is C14H18ClNO2. The van der Waals surface area contributed by atoms with Gasteiger partial charge in [0.05, 0.1) is 17.2 Å². The molecule has 4 heteroatoms. The quantitative estimate of drug-likeness (QED) is 0.669. The highest BCUT2D eigenvalue weighted by molar-refractivity contribution is 6.33. The lowest BCUT2D eigenvalue weighted by Crippen LogP contribution is -2.10. The Labute approximate surface area is 112 Å². The molecule has 0 atom stereocenters. The van der Waals surface area contributed by atoms with E-state index in [1.54, 1.807) is 18.2 Å². The fraction of sp³-hybridized carbons (Fsp3) is 0.500. The predicted molar refractivity (Wildman–Crippen MR) is 72.7 cm³/mol. The number of nitrogens with two attached hydrogens (primary N) is 1. The Kier molecular flexibility index (Phi) is 4.48. The lowest BCUT2D eigenvalue weighted by atomic mass is 10.1. The second-order valence-electron chi connectivity index (χ2n) is 4.81. The van der Waals surface area contributed by atoms with E-state index in [9.17, 15) is 4.79 Å². The molecule has 1 aliphatic rings. The van der Waals surface area contributed by atoms with Crippen molar-refractivity contribution in [1.82, 2.24) is 0 Å². The molecule has 1 aliphatic carbocycles. The van der Waals surface area contributed by atoms with Crippen LogP contribution in [-0.4, -0.2) is 12.6 Å². The number of rotatable bonds is 4. The molecule has 0 aromatic heterocycles. The van der Waals surface area contributed by atoms with Crippen LogP contribution in [0.3, 0.4) is 0 Å². The number of hydrogen-bond donors (Lipinski definition) is 1. The summed E-state index contributed by atoms with van der Waals surface area (Å²) in [5.41, 5.74) is 6.49. The van der Waals surface area contributed by atoms with Crippen molar-refractivity contribution in [1.29, 1.82) is 0 Å². The van der Waals surface area contributed by atoms with Gasteiger partial charge in [0.25, 0.3) is 0 Å². The maximum absolute atomic E-state index is 11.8. The van der Waals surface area contributed by atoms with Gasteiger partial charge in [-0.1, -0.05) is 37.3 Å². The van der Waals surface area contributed by atoms with Gasteiger partial charge in [-0.2, -0.15) is 0 Å². The maximum atomic E-state index is 11.8. The number of carbonyl (C=O) groups excluding carboxylic acids is 1. The molecule has 0 heterocycles. The van der Waals surface area contributed by atoms with Crippen LogP contribution >= 0.6 is 11.6 Å². The van der Waals surface area contributed by atoms with Crippen molar-refractivity contribution in [2.75, 3.05) is 12.3 Å². The standard InChI is InChI=1S/C14H18ClNO2/c15-13-6-5-11(16)9-12(13)14(17)18-8-7-10-3-1-2-4-10/h5-6,9-10H,1-4,7-8,16H2. The first-order valence-corrected chi connectivity index (χ1v) is 6.77. The topological polar surface area (TPSA) is 52.3 Å². The highest BCUT2D eigenvalue weighted by Gasteiger charge is 2.16. The van der Waals surface area contributed by atoms with Crippen LogP contribution in [0.25, 0.3) is 0 Å². The van der Waals surface area contributed by atoms with Crippen LogP contribution in [0.15, 0.2) is 18.2 Å². The molecule has 1 aromatic rings. The Morgan fingerprint density at radius 2 is 2.11 bits per heavy atom. The Morgan fingerprint density at radius 1 is 1.39 bits per heavy atom. The summed E-state index contributed by atoms with van der Waals surface area (Å²) in [6.07, 6.45) is 6.08. The van der Waals surface area contributed by atoms with Gasteiger partial charge < -0.3 is 10.5 Å². The van der Waals surface area contributed by atoms with Gasteiger partial charge in [-0.25, -0.2) is 4.79 Å². The van der Waals surface area contributed by atoms with Gasteiger partial charge in [-0.3, -0.25) is 0 Å². The number of anilines is 1. The molecule has 18 heavy (non-hydrogen) atoms. The molecule has 2 N–H and O–H groups in total. The second-order valence-corrected chi connectivity index (χ2v) is 5.22.